The van der Waals surface area contributed by atoms with Crippen LogP contribution in [0.3, 0.4) is 0 Å². The number of halogens is 1. The van der Waals surface area contributed by atoms with Crippen molar-refractivity contribution >= 4 is 29.2 Å². The van der Waals surface area contributed by atoms with E-state index in [1.165, 1.54) is 29.2 Å². The topological polar surface area (TPSA) is 69.7 Å². The van der Waals surface area contributed by atoms with Gasteiger partial charge in [0.2, 0.25) is 5.91 Å². The van der Waals surface area contributed by atoms with Gasteiger partial charge >= 0.3 is 6.03 Å². The van der Waals surface area contributed by atoms with E-state index in [0.29, 0.717) is 30.3 Å². The molecule has 1 unspecified atom stereocenters. The van der Waals surface area contributed by atoms with Crippen molar-refractivity contribution in [2.45, 2.75) is 32.7 Å². The van der Waals surface area contributed by atoms with Crippen molar-refractivity contribution in [1.82, 2.24) is 4.90 Å². The number of hydrogen-bond acceptors (Lipinski definition) is 3. The lowest BCUT2D eigenvalue weighted by molar-refractivity contribution is -0.124. The fraction of sp³-hybridized carbons (Fsp3) is 0.318. The van der Waals surface area contributed by atoms with E-state index >= 15 is 0 Å². The lowest BCUT2D eigenvalue weighted by atomic mass is 10.1. The summed E-state index contributed by atoms with van der Waals surface area (Å²) in [7, 11) is 0. The summed E-state index contributed by atoms with van der Waals surface area (Å²) in [6.45, 7) is 4.41. The van der Waals surface area contributed by atoms with Crippen LogP contribution >= 0.6 is 0 Å². The maximum absolute atomic E-state index is 13.3. The Morgan fingerprint density at radius 1 is 1.07 bits per heavy atom. The van der Waals surface area contributed by atoms with Gasteiger partial charge in [0.25, 0.3) is 5.91 Å². The summed E-state index contributed by atoms with van der Waals surface area (Å²) in [5, 5.41) is 2.75. The van der Waals surface area contributed by atoms with Crippen molar-refractivity contribution in [3.63, 3.8) is 0 Å². The molecule has 7 heteroatoms. The highest BCUT2D eigenvalue weighted by Crippen LogP contribution is 2.28. The average molecular weight is 397 g/mol. The van der Waals surface area contributed by atoms with Crippen LogP contribution in [0.15, 0.2) is 54.6 Å². The standard InChI is InChI=1S/C22H24FN3O3/c1-15(2)12-13-25-19(14-20(27)24-17-6-4-3-5-7-17)21(28)26(22(25)29)18-10-8-16(23)9-11-18/h3-11,15,19H,12-14H2,1-2H3,(H,24,27). The van der Waals surface area contributed by atoms with Gasteiger partial charge in [-0.25, -0.2) is 14.1 Å². The van der Waals surface area contributed by atoms with Gasteiger partial charge in [0, 0.05) is 12.2 Å². The third-order valence-corrected chi connectivity index (χ3v) is 4.79. The minimum atomic E-state index is -0.894. The number of anilines is 2. The van der Waals surface area contributed by atoms with Crippen LogP contribution in [0.1, 0.15) is 26.7 Å². The minimum absolute atomic E-state index is 0.144. The summed E-state index contributed by atoms with van der Waals surface area (Å²) < 4.78 is 13.3. The number of nitrogens with one attached hydrogen (secondary N) is 1. The zero-order valence-corrected chi connectivity index (χ0v) is 16.5. The molecule has 29 heavy (non-hydrogen) atoms. The highest BCUT2D eigenvalue weighted by atomic mass is 19.1. The van der Waals surface area contributed by atoms with Gasteiger partial charge in [0.05, 0.1) is 12.1 Å². The zero-order valence-electron chi connectivity index (χ0n) is 16.5. The molecule has 1 atom stereocenters. The molecule has 152 valence electrons. The normalized spacial score (nSPS) is 16.6. The first-order chi connectivity index (χ1) is 13.9. The van der Waals surface area contributed by atoms with Gasteiger partial charge in [-0.1, -0.05) is 32.0 Å². The number of carbonyl (C=O) groups is 3. The Balaban J connectivity index is 1.81. The molecule has 4 amide bonds. The van der Waals surface area contributed by atoms with Gasteiger partial charge < -0.3 is 10.2 Å². The third-order valence-electron chi connectivity index (χ3n) is 4.79. The van der Waals surface area contributed by atoms with Gasteiger partial charge in [-0.3, -0.25) is 9.59 Å². The van der Waals surface area contributed by atoms with Crippen molar-refractivity contribution in [3.8, 4) is 0 Å². The van der Waals surface area contributed by atoms with Crippen LogP contribution in [0.2, 0.25) is 0 Å². The van der Waals surface area contributed by atoms with Crippen LogP contribution in [-0.2, 0) is 9.59 Å². The summed E-state index contributed by atoms with van der Waals surface area (Å²) in [6.07, 6.45) is 0.558. The lowest BCUT2D eigenvalue weighted by Crippen LogP contribution is -2.39. The van der Waals surface area contributed by atoms with Crippen LogP contribution < -0.4 is 10.2 Å². The van der Waals surface area contributed by atoms with Crippen molar-refractivity contribution in [3.05, 3.63) is 60.4 Å². The first-order valence-corrected chi connectivity index (χ1v) is 9.62. The molecule has 0 radical (unpaired) electrons. The first-order valence-electron chi connectivity index (χ1n) is 9.62. The van der Waals surface area contributed by atoms with Gasteiger partial charge in [0.1, 0.15) is 11.9 Å². The van der Waals surface area contributed by atoms with Gasteiger partial charge in [-0.15, -0.1) is 0 Å². The maximum atomic E-state index is 13.3. The molecular formula is C22H24FN3O3. The molecule has 3 rings (SSSR count). The quantitative estimate of drug-likeness (QED) is 0.717. The summed E-state index contributed by atoms with van der Waals surface area (Å²) in [4.78, 5) is 41.0. The van der Waals surface area contributed by atoms with Crippen molar-refractivity contribution in [2.24, 2.45) is 5.92 Å². The molecule has 1 N–H and O–H groups in total. The molecule has 1 aliphatic heterocycles. The molecule has 1 heterocycles. The Hall–Kier alpha value is -3.22. The van der Waals surface area contributed by atoms with E-state index in [0.717, 1.165) is 4.90 Å². The van der Waals surface area contributed by atoms with Crippen LogP contribution in [-0.4, -0.2) is 35.3 Å². The second kappa shape index (κ2) is 8.86. The number of imide groups is 1. The number of amides is 4. The van der Waals surface area contributed by atoms with Crippen LogP contribution in [0.4, 0.5) is 20.6 Å². The van der Waals surface area contributed by atoms with Crippen molar-refractivity contribution in [1.29, 1.82) is 0 Å². The van der Waals surface area contributed by atoms with E-state index in [1.54, 1.807) is 24.3 Å². The molecule has 0 aliphatic carbocycles. The molecular weight excluding hydrogens is 373 g/mol. The summed E-state index contributed by atoms with van der Waals surface area (Å²) in [5.74, 6) is -0.953. The molecule has 2 aromatic carbocycles. The van der Waals surface area contributed by atoms with Crippen LogP contribution in [0.25, 0.3) is 0 Å². The number of rotatable bonds is 7. The lowest BCUT2D eigenvalue weighted by Gasteiger charge is -2.22. The smallest absolute Gasteiger partial charge is 0.326 e. The van der Waals surface area contributed by atoms with Crippen molar-refractivity contribution in [2.75, 3.05) is 16.8 Å². The first kappa shape index (κ1) is 20.5. The molecule has 0 bridgehead atoms. The molecule has 0 spiro atoms. The second-order valence-electron chi connectivity index (χ2n) is 7.44. The summed E-state index contributed by atoms with van der Waals surface area (Å²) in [6, 6.07) is 12.7. The Morgan fingerprint density at radius 2 is 1.72 bits per heavy atom. The van der Waals surface area contributed by atoms with Crippen molar-refractivity contribution < 1.29 is 18.8 Å². The maximum Gasteiger partial charge on any atom is 0.332 e. The average Bonchev–Trinajstić information content (AvgIpc) is 2.91. The molecule has 1 saturated heterocycles. The SMILES string of the molecule is CC(C)CCN1C(=O)N(c2ccc(F)cc2)C(=O)C1CC(=O)Nc1ccccc1. The predicted octanol–water partition coefficient (Wildman–Crippen LogP) is 4.04. The fourth-order valence-electron chi connectivity index (χ4n) is 3.22. The number of nitrogens with zero attached hydrogens (tertiary/aromatic N) is 2. The van der Waals surface area contributed by atoms with E-state index in [1.807, 2.05) is 19.9 Å². The van der Waals surface area contributed by atoms with E-state index < -0.39 is 23.8 Å². The Bertz CT molecular complexity index is 884. The summed E-state index contributed by atoms with van der Waals surface area (Å²) in [5.41, 5.74) is 0.917. The monoisotopic (exact) mass is 397 g/mol. The van der Waals surface area contributed by atoms with E-state index in [9.17, 15) is 18.8 Å². The van der Waals surface area contributed by atoms with Gasteiger partial charge in [-0.2, -0.15) is 0 Å². The Morgan fingerprint density at radius 3 is 2.34 bits per heavy atom. The number of carbonyl (C=O) groups excluding carboxylic acids is 3. The third kappa shape index (κ3) is 4.80. The van der Waals surface area contributed by atoms with Crippen LogP contribution in [0.5, 0.6) is 0 Å². The molecule has 1 aliphatic rings. The highest BCUT2D eigenvalue weighted by molar-refractivity contribution is 6.22. The highest BCUT2D eigenvalue weighted by Gasteiger charge is 2.46. The molecule has 0 aromatic heterocycles. The largest absolute Gasteiger partial charge is 0.332 e. The minimum Gasteiger partial charge on any atom is -0.326 e. The van der Waals surface area contributed by atoms with E-state index in [2.05, 4.69) is 5.32 Å². The Kier molecular flexibility index (Phi) is 6.26. The molecule has 6 nitrogen and oxygen atoms in total. The number of para-hydroxylation sites is 1. The number of urea groups is 1. The fourth-order valence-corrected chi connectivity index (χ4v) is 3.22. The number of hydrogen-bond donors (Lipinski definition) is 1. The number of benzene rings is 2. The Labute approximate surface area is 169 Å². The van der Waals surface area contributed by atoms with Gasteiger partial charge in [0.15, 0.2) is 0 Å². The van der Waals surface area contributed by atoms with Gasteiger partial charge in [-0.05, 0) is 48.7 Å². The molecule has 2 aromatic rings. The molecule has 1 fully saturated rings. The van der Waals surface area contributed by atoms with E-state index in [-0.39, 0.29) is 12.3 Å². The zero-order chi connectivity index (χ0) is 21.0. The predicted molar refractivity (Wildman–Crippen MR) is 109 cm³/mol. The molecule has 0 saturated carbocycles. The summed E-state index contributed by atoms with van der Waals surface area (Å²) >= 11 is 0. The second-order valence-corrected chi connectivity index (χ2v) is 7.44. The van der Waals surface area contributed by atoms with E-state index in [4.69, 9.17) is 0 Å². The van der Waals surface area contributed by atoms with Crippen LogP contribution in [0, 0.1) is 11.7 Å².